The predicted molar refractivity (Wildman–Crippen MR) is 117 cm³/mol. The molecule has 3 heterocycles. The lowest BCUT2D eigenvalue weighted by atomic mass is 10.1. The first kappa shape index (κ1) is 22.2. The van der Waals surface area contributed by atoms with Gasteiger partial charge in [-0.05, 0) is 23.9 Å². The highest BCUT2D eigenvalue weighted by Gasteiger charge is 2.36. The molecule has 2 N–H and O–H groups in total. The lowest BCUT2D eigenvalue weighted by Crippen LogP contribution is -2.07. The first-order chi connectivity index (χ1) is 13.8. The minimum atomic E-state index is -4.57. The van der Waals surface area contributed by atoms with Gasteiger partial charge in [0.05, 0.1) is 32.6 Å². The molecule has 0 aromatic carbocycles. The molecule has 0 saturated carbocycles. The van der Waals surface area contributed by atoms with E-state index in [0.717, 1.165) is 49.5 Å². The van der Waals surface area contributed by atoms with Gasteiger partial charge in [0.25, 0.3) is 0 Å². The molecular weight excluding hydrogens is 437 g/mol. The number of hydrogen-bond donors (Lipinski definition) is 1. The molecule has 3 aromatic heterocycles. The molecule has 0 radical (unpaired) electrons. The molecule has 1 atom stereocenters. The van der Waals surface area contributed by atoms with Gasteiger partial charge in [0.1, 0.15) is 9.04 Å². The van der Waals surface area contributed by atoms with Gasteiger partial charge >= 0.3 is 6.18 Å². The first-order valence-electron chi connectivity index (χ1n) is 9.55. The maximum atomic E-state index is 13.7. The number of pyridine rings is 1. The van der Waals surface area contributed by atoms with Crippen molar-refractivity contribution in [3.05, 3.63) is 29.1 Å². The second kappa shape index (κ2) is 9.57. The zero-order chi connectivity index (χ0) is 21.0. The van der Waals surface area contributed by atoms with Gasteiger partial charge in [0, 0.05) is 11.1 Å². The number of rotatable bonds is 9. The molecule has 3 nitrogen and oxygen atoms in total. The topological polar surface area (TPSA) is 56.0 Å². The Kier molecular flexibility index (Phi) is 7.34. The number of fused-ring (bicyclic) bond motifs is 1. The lowest BCUT2D eigenvalue weighted by molar-refractivity contribution is -0.136. The van der Waals surface area contributed by atoms with Crippen LogP contribution in [-0.4, -0.2) is 14.9 Å². The van der Waals surface area contributed by atoms with E-state index < -0.39 is 22.5 Å². The number of nitrogens with zero attached hydrogens (tertiary/aromatic N) is 1. The van der Waals surface area contributed by atoms with Gasteiger partial charge in [0.2, 0.25) is 0 Å². The summed E-state index contributed by atoms with van der Waals surface area (Å²) >= 11 is 2.34. The monoisotopic (exact) mass is 460 g/mol. The molecule has 9 heteroatoms. The normalized spacial score (nSPS) is 13.2. The van der Waals surface area contributed by atoms with Gasteiger partial charge in [-0.25, -0.2) is 4.98 Å². The van der Waals surface area contributed by atoms with Gasteiger partial charge in [0.15, 0.2) is 0 Å². The van der Waals surface area contributed by atoms with Crippen LogP contribution in [0, 0.1) is 0 Å². The van der Waals surface area contributed by atoms with E-state index in [1.807, 2.05) is 0 Å². The summed E-state index contributed by atoms with van der Waals surface area (Å²) in [6, 6.07) is 4.54. The van der Waals surface area contributed by atoms with Crippen molar-refractivity contribution in [3.63, 3.8) is 0 Å². The van der Waals surface area contributed by atoms with E-state index in [1.165, 1.54) is 17.8 Å². The minimum Gasteiger partial charge on any atom is -0.396 e. The number of nitrogens with two attached hydrogens (primary N) is 1. The van der Waals surface area contributed by atoms with Crippen molar-refractivity contribution in [1.82, 2.24) is 4.98 Å². The smallest absolute Gasteiger partial charge is 0.396 e. The molecule has 0 fully saturated rings. The Balaban J connectivity index is 1.90. The SMILES string of the molecule is CCCCCCCC[S@@](=O)c1sc2nc(-c3cccs3)cc(C(F)(F)F)c2c1N. The maximum Gasteiger partial charge on any atom is 0.417 e. The molecule has 0 saturated heterocycles. The van der Waals surface area contributed by atoms with Crippen molar-refractivity contribution < 1.29 is 17.4 Å². The van der Waals surface area contributed by atoms with Crippen molar-refractivity contribution in [3.8, 4) is 10.6 Å². The maximum absolute atomic E-state index is 13.7. The third-order valence-corrected chi connectivity index (χ3v) is 8.52. The molecule has 0 unspecified atom stereocenters. The third kappa shape index (κ3) is 5.19. The van der Waals surface area contributed by atoms with E-state index >= 15 is 0 Å². The number of thiophene rings is 2. The quantitative estimate of drug-likeness (QED) is 0.347. The van der Waals surface area contributed by atoms with E-state index in [9.17, 15) is 17.4 Å². The number of halogens is 3. The Bertz CT molecular complexity index is 981. The minimum absolute atomic E-state index is 0.0492. The van der Waals surface area contributed by atoms with Gasteiger partial charge in [-0.15, -0.1) is 22.7 Å². The molecule has 29 heavy (non-hydrogen) atoms. The van der Waals surface area contributed by atoms with Crippen LogP contribution in [0.1, 0.15) is 51.0 Å². The van der Waals surface area contributed by atoms with Crippen LogP contribution in [0.2, 0.25) is 0 Å². The molecular formula is C20H23F3N2OS3. The highest BCUT2D eigenvalue weighted by Crippen LogP contribution is 2.44. The molecule has 0 aliphatic heterocycles. The fourth-order valence-corrected chi connectivity index (χ4v) is 6.55. The molecule has 3 aromatic rings. The summed E-state index contributed by atoms with van der Waals surface area (Å²) in [5.41, 5.74) is 5.45. The molecule has 3 rings (SSSR count). The van der Waals surface area contributed by atoms with E-state index in [0.29, 0.717) is 14.8 Å². The lowest BCUT2D eigenvalue weighted by Gasteiger charge is -2.10. The Labute approximate surface area is 178 Å². The van der Waals surface area contributed by atoms with Crippen LogP contribution < -0.4 is 5.73 Å². The standard InChI is InChI=1S/C20H23F3N2OS3/c1-2-3-4-5-6-7-11-29(26)19-17(24)16-13(20(21,22)23)12-14(25-18(16)28-19)15-9-8-10-27-15/h8-10,12H,2-7,11,24H2,1H3/t29-/m1/s1. The summed E-state index contributed by atoms with van der Waals surface area (Å²) in [4.78, 5) is 5.24. The Hall–Kier alpha value is -1.45. The van der Waals surface area contributed by atoms with Crippen LogP contribution in [0.25, 0.3) is 20.8 Å². The number of unbranched alkanes of at least 4 members (excludes halogenated alkanes) is 5. The van der Waals surface area contributed by atoms with Crippen LogP contribution in [0.15, 0.2) is 27.8 Å². The summed E-state index contributed by atoms with van der Waals surface area (Å²) in [5, 5.41) is 1.66. The van der Waals surface area contributed by atoms with Crippen LogP contribution in [0.4, 0.5) is 18.9 Å². The predicted octanol–water partition coefficient (Wildman–Crippen LogP) is 7.09. The van der Waals surface area contributed by atoms with Crippen molar-refractivity contribution in [2.75, 3.05) is 11.5 Å². The number of aromatic nitrogens is 1. The largest absolute Gasteiger partial charge is 0.417 e. The van der Waals surface area contributed by atoms with E-state index in [1.54, 1.807) is 17.5 Å². The van der Waals surface area contributed by atoms with Crippen molar-refractivity contribution in [2.24, 2.45) is 0 Å². The van der Waals surface area contributed by atoms with E-state index in [2.05, 4.69) is 11.9 Å². The Morgan fingerprint density at radius 2 is 1.90 bits per heavy atom. The van der Waals surface area contributed by atoms with E-state index in [-0.39, 0.29) is 21.6 Å². The summed E-state index contributed by atoms with van der Waals surface area (Å²) in [7, 11) is -1.42. The number of nitrogen functional groups attached to an aromatic ring is 1. The van der Waals surface area contributed by atoms with Crippen LogP contribution >= 0.6 is 22.7 Å². The number of alkyl halides is 3. The second-order valence-corrected chi connectivity index (χ2v) is 10.5. The van der Waals surface area contributed by atoms with Gasteiger partial charge in [-0.3, -0.25) is 4.21 Å². The molecule has 0 aliphatic carbocycles. The fraction of sp³-hybridized carbons (Fsp3) is 0.450. The van der Waals surface area contributed by atoms with E-state index in [4.69, 9.17) is 5.73 Å². The molecule has 0 spiro atoms. The fourth-order valence-electron chi connectivity index (χ4n) is 3.15. The van der Waals surface area contributed by atoms with Crippen molar-refractivity contribution in [2.45, 2.75) is 55.8 Å². The first-order valence-corrected chi connectivity index (χ1v) is 12.6. The molecule has 0 bridgehead atoms. The highest BCUT2D eigenvalue weighted by molar-refractivity contribution is 7.87. The van der Waals surface area contributed by atoms with Crippen molar-refractivity contribution >= 4 is 49.4 Å². The van der Waals surface area contributed by atoms with Crippen LogP contribution in [0.5, 0.6) is 0 Å². The zero-order valence-corrected chi connectivity index (χ0v) is 18.5. The van der Waals surface area contributed by atoms with Crippen molar-refractivity contribution in [1.29, 1.82) is 0 Å². The summed E-state index contributed by atoms with van der Waals surface area (Å²) in [5.74, 6) is 0.405. The Morgan fingerprint density at radius 1 is 1.17 bits per heavy atom. The average Bonchev–Trinajstić information content (AvgIpc) is 3.31. The zero-order valence-electron chi connectivity index (χ0n) is 16.1. The van der Waals surface area contributed by atoms with Gasteiger partial charge in [-0.2, -0.15) is 13.2 Å². The van der Waals surface area contributed by atoms with Gasteiger partial charge < -0.3 is 5.73 Å². The Morgan fingerprint density at radius 3 is 2.55 bits per heavy atom. The number of hydrogen-bond acceptors (Lipinski definition) is 5. The summed E-state index contributed by atoms with van der Waals surface area (Å²) in [6.07, 6.45) is 1.74. The summed E-state index contributed by atoms with van der Waals surface area (Å²) < 4.78 is 54.2. The third-order valence-electron chi connectivity index (χ3n) is 4.63. The molecule has 0 amide bonds. The number of anilines is 1. The summed E-state index contributed by atoms with van der Waals surface area (Å²) in [6.45, 7) is 2.15. The molecule has 0 aliphatic rings. The van der Waals surface area contributed by atoms with Gasteiger partial charge in [-0.1, -0.05) is 45.1 Å². The van der Waals surface area contributed by atoms with Crippen LogP contribution in [0.3, 0.4) is 0 Å². The molecule has 158 valence electrons. The average molecular weight is 461 g/mol. The second-order valence-electron chi connectivity index (χ2n) is 6.83. The highest BCUT2D eigenvalue weighted by atomic mass is 32.2. The van der Waals surface area contributed by atoms with Crippen LogP contribution in [-0.2, 0) is 17.0 Å².